The Morgan fingerprint density at radius 2 is 1.06 bits per heavy atom. The van der Waals surface area contributed by atoms with Crippen LogP contribution in [0.2, 0.25) is 0 Å². The molecule has 4 aromatic rings. The van der Waals surface area contributed by atoms with Crippen LogP contribution in [0.25, 0.3) is 21.8 Å². The molecule has 0 aliphatic carbocycles. The van der Waals surface area contributed by atoms with Crippen molar-refractivity contribution < 1.29 is 61.8 Å². The van der Waals surface area contributed by atoms with Gasteiger partial charge in [0.05, 0.1) is 65.4 Å². The minimum absolute atomic E-state index is 0.195. The molecule has 0 N–H and O–H groups in total. The normalized spacial score (nSPS) is 22.2. The van der Waals surface area contributed by atoms with E-state index in [0.29, 0.717) is 43.1 Å². The average Bonchev–Trinajstić information content (AvgIpc) is 3.83. The van der Waals surface area contributed by atoms with Crippen LogP contribution in [0.4, 0.5) is 9.59 Å². The zero-order chi connectivity index (χ0) is 47.2. The number of nitrogens with zero attached hydrogens (tertiary/aromatic N) is 4. The molecule has 2 spiro atoms. The number of hydrogen-bond acceptors (Lipinski definition) is 15. The molecule has 6 heterocycles. The van der Waals surface area contributed by atoms with Crippen molar-refractivity contribution >= 4 is 45.9 Å². The van der Waals surface area contributed by atoms with Crippen LogP contribution in [0.15, 0.2) is 36.4 Å². The van der Waals surface area contributed by atoms with Gasteiger partial charge in [0, 0.05) is 34.7 Å². The number of rotatable bonds is 5. The number of fused-ring (bicyclic) bond motifs is 6. The van der Waals surface area contributed by atoms with E-state index in [9.17, 15) is 19.2 Å². The third kappa shape index (κ3) is 9.46. The highest BCUT2D eigenvalue weighted by Crippen LogP contribution is 2.48. The lowest BCUT2D eigenvalue weighted by Gasteiger charge is -2.36. The summed E-state index contributed by atoms with van der Waals surface area (Å²) >= 11 is 0. The SMILES string of the molecule is COC(=O)[C@@H]1C[C@]2(CCc3c(c(C)nc4ccc(OC)cc34)O2)CN1C(=O)OC(C)(C)C.COC(=O)[C@@H]1C[C@]2(CCc3c(c(OC)nc4ccc(OC)cc34)O2)CN1C(=O)OC(C)(C)C. The van der Waals surface area contributed by atoms with Crippen molar-refractivity contribution in [3.05, 3.63) is 53.2 Å². The number of hydrogen-bond donors (Lipinski definition) is 0. The first-order valence-corrected chi connectivity index (χ1v) is 21.7. The summed E-state index contributed by atoms with van der Waals surface area (Å²) < 4.78 is 50.5. The quantitative estimate of drug-likeness (QED) is 0.144. The summed E-state index contributed by atoms with van der Waals surface area (Å²) in [4.78, 5) is 63.1. The molecule has 2 saturated heterocycles. The molecule has 2 fully saturated rings. The first-order valence-electron chi connectivity index (χ1n) is 21.7. The fraction of sp³-hybridized carbons (Fsp3) is 0.542. The van der Waals surface area contributed by atoms with Crippen molar-refractivity contribution in [2.45, 2.75) is 121 Å². The Kier molecular flexibility index (Phi) is 12.7. The van der Waals surface area contributed by atoms with Crippen LogP contribution in [-0.2, 0) is 41.4 Å². The zero-order valence-electron chi connectivity index (χ0n) is 39.4. The maximum Gasteiger partial charge on any atom is 0.411 e. The van der Waals surface area contributed by atoms with Gasteiger partial charge in [-0.2, -0.15) is 0 Å². The van der Waals surface area contributed by atoms with Gasteiger partial charge in [0.15, 0.2) is 5.75 Å². The average molecular weight is 901 g/mol. The fourth-order valence-corrected chi connectivity index (χ4v) is 9.19. The summed E-state index contributed by atoms with van der Waals surface area (Å²) in [6, 6.07) is 9.91. The van der Waals surface area contributed by atoms with E-state index in [2.05, 4.69) is 4.98 Å². The number of carbonyl (C=O) groups excluding carboxylic acids is 4. The number of methoxy groups -OCH3 is 5. The maximum absolute atomic E-state index is 12.9. The number of aromatic nitrogens is 2. The van der Waals surface area contributed by atoms with E-state index < -0.39 is 58.6 Å². The van der Waals surface area contributed by atoms with E-state index in [1.165, 1.54) is 24.0 Å². The monoisotopic (exact) mass is 900 g/mol. The third-order valence-corrected chi connectivity index (χ3v) is 12.1. The molecule has 2 aromatic heterocycles. The van der Waals surface area contributed by atoms with E-state index in [0.717, 1.165) is 56.5 Å². The molecule has 4 aliphatic rings. The standard InChI is InChI=1S/C24H30N2O7.C24H30N2O6/c1-23(2,3)33-22(28)26-13-24(12-18(26)21(27)31-6)10-9-15-16-11-14(29-4)7-8-17(16)25-20(30-5)19(15)32-24;1-14-20-16(17-11-15(29-5)7-8-18(17)25-14)9-10-24(31-20)12-19(21(27)30-6)26(13-24)22(28)32-23(2,3)4/h7-8,11,18H,9-10,12-13H2,1-6H3;7-8,11,19H,9-10,12-13H2,1-6H3/t18-,24+;19-,24+/m00/s1. The Bertz CT molecular complexity index is 2520. The first-order chi connectivity index (χ1) is 30.6. The summed E-state index contributed by atoms with van der Waals surface area (Å²) in [6.45, 7) is 13.1. The number of aryl methyl sites for hydroxylation is 3. The van der Waals surface area contributed by atoms with Crippen molar-refractivity contribution in [1.82, 2.24) is 19.8 Å². The summed E-state index contributed by atoms with van der Waals surface area (Å²) in [5.41, 5.74) is 1.61. The molecular formula is C48H60N4O13. The molecule has 4 aliphatic heterocycles. The number of benzene rings is 2. The Labute approximate surface area is 378 Å². The minimum Gasteiger partial charge on any atom is -0.497 e. The second-order valence-corrected chi connectivity index (χ2v) is 19.0. The molecule has 2 aromatic carbocycles. The lowest BCUT2D eigenvalue weighted by Crippen LogP contribution is -2.46. The van der Waals surface area contributed by atoms with Gasteiger partial charge in [0.2, 0.25) is 0 Å². The molecule has 8 rings (SSSR count). The Hall–Kier alpha value is -6.26. The van der Waals surface area contributed by atoms with Crippen LogP contribution in [0, 0.1) is 6.92 Å². The Morgan fingerprint density at radius 3 is 1.48 bits per heavy atom. The highest BCUT2D eigenvalue weighted by molar-refractivity contribution is 5.89. The van der Waals surface area contributed by atoms with Gasteiger partial charge in [-0.25, -0.2) is 29.1 Å². The van der Waals surface area contributed by atoms with E-state index in [4.69, 9.17) is 47.6 Å². The van der Waals surface area contributed by atoms with Crippen molar-refractivity contribution in [2.24, 2.45) is 0 Å². The predicted molar refractivity (Wildman–Crippen MR) is 238 cm³/mol. The highest BCUT2D eigenvalue weighted by atomic mass is 16.6. The van der Waals surface area contributed by atoms with Crippen molar-refractivity contribution in [1.29, 1.82) is 0 Å². The van der Waals surface area contributed by atoms with E-state index in [1.807, 2.05) is 43.3 Å². The summed E-state index contributed by atoms with van der Waals surface area (Å²) in [5.74, 6) is 2.12. The van der Waals surface area contributed by atoms with Crippen LogP contribution in [0.3, 0.4) is 0 Å². The first kappa shape index (κ1) is 46.7. The number of pyridine rings is 2. The third-order valence-electron chi connectivity index (χ3n) is 12.1. The highest BCUT2D eigenvalue weighted by Gasteiger charge is 2.55. The molecule has 17 heteroatoms. The maximum atomic E-state index is 12.9. The van der Waals surface area contributed by atoms with Crippen molar-refractivity contribution in [3.8, 4) is 28.9 Å². The molecule has 2 amide bonds. The second-order valence-electron chi connectivity index (χ2n) is 19.0. The van der Waals surface area contributed by atoms with Gasteiger partial charge in [-0.15, -0.1) is 0 Å². The Morgan fingerprint density at radius 1 is 0.631 bits per heavy atom. The van der Waals surface area contributed by atoms with Crippen LogP contribution >= 0.6 is 0 Å². The molecule has 4 atom stereocenters. The molecule has 350 valence electrons. The second kappa shape index (κ2) is 17.6. The van der Waals surface area contributed by atoms with Gasteiger partial charge < -0.3 is 42.6 Å². The van der Waals surface area contributed by atoms with Crippen LogP contribution < -0.4 is 23.7 Å². The molecule has 0 saturated carbocycles. The van der Waals surface area contributed by atoms with Crippen LogP contribution in [0.1, 0.15) is 84.0 Å². The molecular weight excluding hydrogens is 841 g/mol. The minimum atomic E-state index is -0.800. The molecule has 17 nitrogen and oxygen atoms in total. The van der Waals surface area contributed by atoms with Crippen LogP contribution in [-0.4, -0.2) is 127 Å². The summed E-state index contributed by atoms with van der Waals surface area (Å²) in [5, 5.41) is 1.91. The number of amides is 2. The Balaban J connectivity index is 0.000000194. The van der Waals surface area contributed by atoms with E-state index in [1.54, 1.807) is 62.9 Å². The summed E-state index contributed by atoms with van der Waals surface area (Å²) in [6.07, 6.45) is 2.17. The molecule has 65 heavy (non-hydrogen) atoms. The van der Waals surface area contributed by atoms with Gasteiger partial charge in [0.25, 0.3) is 5.88 Å². The number of ether oxygens (including phenoxy) is 9. The van der Waals surface area contributed by atoms with Crippen molar-refractivity contribution in [3.63, 3.8) is 0 Å². The predicted octanol–water partition coefficient (Wildman–Crippen LogP) is 7.30. The number of carbonyl (C=O) groups is 4. The largest absolute Gasteiger partial charge is 0.497 e. The summed E-state index contributed by atoms with van der Waals surface area (Å²) in [7, 11) is 7.43. The smallest absolute Gasteiger partial charge is 0.411 e. The van der Waals surface area contributed by atoms with Gasteiger partial charge in [-0.1, -0.05) is 0 Å². The lowest BCUT2D eigenvalue weighted by atomic mass is 9.87. The molecule has 0 radical (unpaired) electrons. The van der Waals surface area contributed by atoms with E-state index >= 15 is 0 Å². The molecule has 0 bridgehead atoms. The topological polar surface area (TPSA) is 184 Å². The molecule has 0 unspecified atom stereocenters. The van der Waals surface area contributed by atoms with Gasteiger partial charge in [-0.3, -0.25) is 9.80 Å². The zero-order valence-corrected chi connectivity index (χ0v) is 39.4. The van der Waals surface area contributed by atoms with Crippen molar-refractivity contribution in [2.75, 3.05) is 48.6 Å². The number of likely N-dealkylation sites (tertiary alicyclic amines) is 2. The lowest BCUT2D eigenvalue weighted by molar-refractivity contribution is -0.146. The van der Waals surface area contributed by atoms with Gasteiger partial charge in [-0.05, 0) is 111 Å². The van der Waals surface area contributed by atoms with Crippen LogP contribution in [0.5, 0.6) is 28.9 Å². The number of esters is 2. The van der Waals surface area contributed by atoms with E-state index in [-0.39, 0.29) is 19.5 Å². The van der Waals surface area contributed by atoms with Gasteiger partial charge >= 0.3 is 24.1 Å². The fourth-order valence-electron chi connectivity index (χ4n) is 9.19. The van der Waals surface area contributed by atoms with Gasteiger partial charge in [0.1, 0.15) is 51.7 Å².